The monoisotopic (exact) mass is 370 g/mol. The van der Waals surface area contributed by atoms with Gasteiger partial charge in [0.15, 0.2) is 0 Å². The molecule has 0 radical (unpaired) electrons. The summed E-state index contributed by atoms with van der Waals surface area (Å²) in [5, 5.41) is 3.40. The first-order chi connectivity index (χ1) is 13.1. The van der Waals surface area contributed by atoms with Gasteiger partial charge in [0.05, 0.1) is 12.3 Å². The van der Waals surface area contributed by atoms with Crippen molar-refractivity contribution in [1.29, 1.82) is 0 Å². The topological polar surface area (TPSA) is 45.5 Å². The fourth-order valence-corrected chi connectivity index (χ4v) is 7.00. The Kier molecular flexibility index (Phi) is 4.58. The maximum absolute atomic E-state index is 13.3. The van der Waals surface area contributed by atoms with Crippen LogP contribution in [0.25, 0.3) is 0 Å². The molecule has 148 valence electrons. The van der Waals surface area contributed by atoms with Gasteiger partial charge in [0.2, 0.25) is 5.91 Å². The number of carbonyl (C=O) groups excluding carboxylic acids is 1. The molecule has 1 saturated heterocycles. The molecule has 5 aliphatic rings. The molecule has 0 spiro atoms. The summed E-state index contributed by atoms with van der Waals surface area (Å²) in [6, 6.07) is 4.21. The van der Waals surface area contributed by atoms with Crippen molar-refractivity contribution < 1.29 is 9.21 Å². The van der Waals surface area contributed by atoms with Crippen LogP contribution in [0.2, 0.25) is 0 Å². The van der Waals surface area contributed by atoms with Gasteiger partial charge in [-0.15, -0.1) is 0 Å². The number of furan rings is 1. The molecule has 1 atom stereocenters. The Labute approximate surface area is 163 Å². The zero-order chi connectivity index (χ0) is 18.4. The normalized spacial score (nSPS) is 37.4. The van der Waals surface area contributed by atoms with E-state index in [1.807, 2.05) is 6.07 Å². The van der Waals surface area contributed by atoms with Crippen molar-refractivity contribution in [2.45, 2.75) is 64.3 Å². The smallest absolute Gasteiger partial charge is 0.226 e. The molecule has 0 aromatic carbocycles. The molecule has 4 heteroatoms. The fourth-order valence-electron chi connectivity index (χ4n) is 7.00. The number of piperidine rings is 1. The fraction of sp³-hybridized carbons (Fsp3) is 0.783. The van der Waals surface area contributed by atoms with Crippen LogP contribution in [0.15, 0.2) is 22.8 Å². The van der Waals surface area contributed by atoms with Gasteiger partial charge in [-0.3, -0.25) is 9.69 Å². The number of amides is 1. The molecular formula is C23H34N2O2. The number of hydrogen-bond donors (Lipinski definition) is 1. The van der Waals surface area contributed by atoms with Gasteiger partial charge in [-0.05, 0) is 100 Å². The van der Waals surface area contributed by atoms with Gasteiger partial charge in [0, 0.05) is 12.0 Å². The van der Waals surface area contributed by atoms with E-state index in [1.54, 1.807) is 6.26 Å². The lowest BCUT2D eigenvalue weighted by molar-refractivity contribution is -0.146. The number of carbonyl (C=O) groups is 1. The van der Waals surface area contributed by atoms with Crippen molar-refractivity contribution >= 4 is 5.91 Å². The lowest BCUT2D eigenvalue weighted by atomic mass is 9.49. The number of hydrogen-bond acceptors (Lipinski definition) is 3. The highest BCUT2D eigenvalue weighted by molar-refractivity contribution is 5.83. The Balaban J connectivity index is 1.27. The third-order valence-corrected chi connectivity index (χ3v) is 8.11. The molecule has 1 unspecified atom stereocenters. The van der Waals surface area contributed by atoms with Crippen LogP contribution in [-0.2, 0) is 4.79 Å². The molecule has 1 amide bonds. The molecular weight excluding hydrogens is 336 g/mol. The minimum atomic E-state index is -0.0567. The predicted molar refractivity (Wildman–Crippen MR) is 105 cm³/mol. The highest BCUT2D eigenvalue weighted by atomic mass is 16.3. The van der Waals surface area contributed by atoms with E-state index in [2.05, 4.69) is 23.2 Å². The van der Waals surface area contributed by atoms with Crippen molar-refractivity contribution in [3.8, 4) is 0 Å². The Hall–Kier alpha value is -1.29. The van der Waals surface area contributed by atoms with Crippen LogP contribution in [-0.4, -0.2) is 30.4 Å². The van der Waals surface area contributed by atoms with Crippen LogP contribution in [0.3, 0.4) is 0 Å². The molecule has 1 aromatic rings. The largest absolute Gasteiger partial charge is 0.468 e. The molecule has 4 saturated carbocycles. The van der Waals surface area contributed by atoms with Gasteiger partial charge in [-0.1, -0.05) is 6.92 Å². The van der Waals surface area contributed by atoms with Gasteiger partial charge in [-0.25, -0.2) is 0 Å². The first-order valence-corrected chi connectivity index (χ1v) is 11.2. The van der Waals surface area contributed by atoms with E-state index in [4.69, 9.17) is 4.42 Å². The lowest BCUT2D eigenvalue weighted by Crippen LogP contribution is -2.54. The highest BCUT2D eigenvalue weighted by Crippen LogP contribution is 2.60. The van der Waals surface area contributed by atoms with E-state index in [9.17, 15) is 4.79 Å². The van der Waals surface area contributed by atoms with Gasteiger partial charge < -0.3 is 9.73 Å². The highest BCUT2D eigenvalue weighted by Gasteiger charge is 2.54. The van der Waals surface area contributed by atoms with E-state index < -0.39 is 0 Å². The molecule has 2 heterocycles. The average Bonchev–Trinajstić information content (AvgIpc) is 3.16. The van der Waals surface area contributed by atoms with Crippen molar-refractivity contribution in [2.24, 2.45) is 29.1 Å². The SMILES string of the molecule is CC1CCN(C(CNC(=O)C23CC4CC(CC(C4)C2)C3)c2ccco2)CC1. The van der Waals surface area contributed by atoms with Crippen LogP contribution < -0.4 is 5.32 Å². The summed E-state index contributed by atoms with van der Waals surface area (Å²) in [5.74, 6) is 4.57. The number of rotatable bonds is 5. The van der Waals surface area contributed by atoms with Crippen LogP contribution in [0.1, 0.15) is 70.1 Å². The average molecular weight is 371 g/mol. The van der Waals surface area contributed by atoms with Crippen molar-refractivity contribution in [2.75, 3.05) is 19.6 Å². The molecule has 4 bridgehead atoms. The van der Waals surface area contributed by atoms with E-state index in [0.717, 1.165) is 61.8 Å². The maximum Gasteiger partial charge on any atom is 0.226 e. The van der Waals surface area contributed by atoms with Gasteiger partial charge >= 0.3 is 0 Å². The predicted octanol–water partition coefficient (Wildman–Crippen LogP) is 4.39. The minimum absolute atomic E-state index is 0.0567. The summed E-state index contributed by atoms with van der Waals surface area (Å²) < 4.78 is 5.76. The molecule has 4 nitrogen and oxygen atoms in total. The van der Waals surface area contributed by atoms with E-state index >= 15 is 0 Å². The molecule has 1 N–H and O–H groups in total. The standard InChI is InChI=1S/C23H34N2O2/c1-16-4-6-25(7-5-16)20(21-3-2-8-27-21)15-24-22(26)23-12-17-9-18(13-23)11-19(10-17)14-23/h2-3,8,16-20H,4-7,9-15H2,1H3,(H,24,26). The first-order valence-electron chi connectivity index (χ1n) is 11.2. The Morgan fingerprint density at radius 1 is 1.19 bits per heavy atom. The summed E-state index contributed by atoms with van der Waals surface area (Å²) in [6.45, 7) is 5.22. The van der Waals surface area contributed by atoms with Crippen LogP contribution in [0, 0.1) is 29.1 Å². The first kappa shape index (κ1) is 17.8. The van der Waals surface area contributed by atoms with Crippen LogP contribution in [0.5, 0.6) is 0 Å². The second-order valence-corrected chi connectivity index (χ2v) is 10.2. The Bertz CT molecular complexity index is 625. The van der Waals surface area contributed by atoms with E-state index in [-0.39, 0.29) is 11.5 Å². The van der Waals surface area contributed by atoms with Crippen LogP contribution >= 0.6 is 0 Å². The third-order valence-electron chi connectivity index (χ3n) is 8.11. The summed E-state index contributed by atoms with van der Waals surface area (Å²) >= 11 is 0. The lowest BCUT2D eigenvalue weighted by Gasteiger charge is -2.55. The molecule has 5 fully saturated rings. The third kappa shape index (κ3) is 3.35. The van der Waals surface area contributed by atoms with Crippen molar-refractivity contribution in [3.63, 3.8) is 0 Å². The van der Waals surface area contributed by atoms with Gasteiger partial charge in [-0.2, -0.15) is 0 Å². The summed E-state index contributed by atoms with van der Waals surface area (Å²) in [7, 11) is 0. The Morgan fingerprint density at radius 2 is 1.81 bits per heavy atom. The Morgan fingerprint density at radius 3 is 2.37 bits per heavy atom. The van der Waals surface area contributed by atoms with Crippen molar-refractivity contribution in [3.05, 3.63) is 24.2 Å². The van der Waals surface area contributed by atoms with Gasteiger partial charge in [0.25, 0.3) is 0 Å². The van der Waals surface area contributed by atoms with Crippen LogP contribution in [0.4, 0.5) is 0 Å². The van der Waals surface area contributed by atoms with Crippen molar-refractivity contribution in [1.82, 2.24) is 10.2 Å². The maximum atomic E-state index is 13.3. The second kappa shape index (κ2) is 6.95. The summed E-state index contributed by atoms with van der Waals surface area (Å²) in [4.78, 5) is 15.9. The number of likely N-dealkylation sites (tertiary alicyclic amines) is 1. The minimum Gasteiger partial charge on any atom is -0.468 e. The molecule has 1 aromatic heterocycles. The van der Waals surface area contributed by atoms with E-state index in [1.165, 1.54) is 32.1 Å². The van der Waals surface area contributed by atoms with Gasteiger partial charge in [0.1, 0.15) is 5.76 Å². The quantitative estimate of drug-likeness (QED) is 0.836. The molecule has 6 rings (SSSR count). The zero-order valence-corrected chi connectivity index (χ0v) is 16.7. The van der Waals surface area contributed by atoms with E-state index in [0.29, 0.717) is 12.5 Å². The second-order valence-electron chi connectivity index (χ2n) is 10.2. The summed E-state index contributed by atoms with van der Waals surface area (Å²) in [6.07, 6.45) is 11.8. The molecule has 1 aliphatic heterocycles. The molecule has 4 aliphatic carbocycles. The number of nitrogens with one attached hydrogen (secondary N) is 1. The number of nitrogens with zero attached hydrogens (tertiary/aromatic N) is 1. The molecule has 27 heavy (non-hydrogen) atoms. The summed E-state index contributed by atoms with van der Waals surface area (Å²) in [5.41, 5.74) is -0.0567. The zero-order valence-electron chi connectivity index (χ0n) is 16.7.